The van der Waals surface area contributed by atoms with E-state index >= 15 is 0 Å². The van der Waals surface area contributed by atoms with Crippen LogP contribution in [0.4, 0.5) is 0 Å². The van der Waals surface area contributed by atoms with Gasteiger partial charge >= 0.3 is 0 Å². The van der Waals surface area contributed by atoms with Crippen molar-refractivity contribution in [3.8, 4) is 0 Å². The maximum atomic E-state index is 5.82. The molecule has 0 radical (unpaired) electrons. The van der Waals surface area contributed by atoms with Crippen molar-refractivity contribution < 1.29 is 4.74 Å². The smallest absolute Gasteiger partial charge is 0.0471 e. The third-order valence-electron chi connectivity index (χ3n) is 5.44. The largest absolute Gasteiger partial charge is 0.381 e. The highest BCUT2D eigenvalue weighted by Gasteiger charge is 2.47. The van der Waals surface area contributed by atoms with E-state index in [1.807, 2.05) is 0 Å². The van der Waals surface area contributed by atoms with Gasteiger partial charge in [0.05, 0.1) is 0 Å². The molecule has 17 heavy (non-hydrogen) atoms. The summed E-state index contributed by atoms with van der Waals surface area (Å²) >= 11 is 0. The summed E-state index contributed by atoms with van der Waals surface area (Å²) in [6.07, 6.45) is 8.18. The van der Waals surface area contributed by atoms with Crippen LogP contribution in [0.25, 0.3) is 0 Å². The number of ether oxygens (including phenoxy) is 1. The third-order valence-corrected chi connectivity index (χ3v) is 5.44. The van der Waals surface area contributed by atoms with E-state index in [9.17, 15) is 0 Å². The minimum Gasteiger partial charge on any atom is -0.381 e. The molecule has 1 spiro atoms. The van der Waals surface area contributed by atoms with Crippen molar-refractivity contribution in [3.05, 3.63) is 0 Å². The van der Waals surface area contributed by atoms with Crippen LogP contribution < -0.4 is 5.73 Å². The summed E-state index contributed by atoms with van der Waals surface area (Å²) in [6.45, 7) is 5.40. The highest BCUT2D eigenvalue weighted by Crippen LogP contribution is 2.49. The van der Waals surface area contributed by atoms with Gasteiger partial charge < -0.3 is 10.5 Å². The van der Waals surface area contributed by atoms with Gasteiger partial charge in [0.1, 0.15) is 0 Å². The van der Waals surface area contributed by atoms with Crippen molar-refractivity contribution >= 4 is 0 Å². The molecule has 2 atom stereocenters. The molecule has 1 aliphatic carbocycles. The second-order valence-corrected chi connectivity index (χ2v) is 6.27. The van der Waals surface area contributed by atoms with E-state index in [-0.39, 0.29) is 0 Å². The fourth-order valence-electron chi connectivity index (χ4n) is 4.39. The van der Waals surface area contributed by atoms with Gasteiger partial charge in [0.2, 0.25) is 0 Å². The zero-order valence-corrected chi connectivity index (χ0v) is 10.9. The van der Waals surface area contributed by atoms with E-state index in [1.54, 1.807) is 0 Å². The summed E-state index contributed by atoms with van der Waals surface area (Å²) in [5.41, 5.74) is 6.42. The second-order valence-electron chi connectivity index (χ2n) is 6.27. The molecule has 0 amide bonds. The first-order chi connectivity index (χ1) is 8.34. The molecule has 2 aliphatic heterocycles. The quantitative estimate of drug-likeness (QED) is 0.794. The lowest BCUT2D eigenvalue weighted by atomic mass is 9.75. The highest BCUT2D eigenvalue weighted by molar-refractivity contribution is 5.00. The Labute approximate surface area is 105 Å². The molecule has 98 valence electrons. The molecule has 3 fully saturated rings. The Morgan fingerprint density at radius 1 is 1.18 bits per heavy atom. The molecule has 3 rings (SSSR count). The van der Waals surface area contributed by atoms with Gasteiger partial charge in [-0.3, -0.25) is 4.90 Å². The Morgan fingerprint density at radius 3 is 2.71 bits per heavy atom. The molecular formula is C14H26N2O. The van der Waals surface area contributed by atoms with Crippen LogP contribution >= 0.6 is 0 Å². The lowest BCUT2D eigenvalue weighted by Crippen LogP contribution is -2.46. The van der Waals surface area contributed by atoms with Gasteiger partial charge in [0.15, 0.2) is 0 Å². The van der Waals surface area contributed by atoms with Crippen LogP contribution in [0, 0.1) is 11.3 Å². The number of nitrogens with two attached hydrogens (primary N) is 1. The van der Waals surface area contributed by atoms with Crippen molar-refractivity contribution in [2.75, 3.05) is 32.8 Å². The Morgan fingerprint density at radius 2 is 2.00 bits per heavy atom. The van der Waals surface area contributed by atoms with E-state index in [2.05, 4.69) is 4.90 Å². The van der Waals surface area contributed by atoms with Crippen molar-refractivity contribution in [2.45, 2.75) is 44.6 Å². The molecule has 3 aliphatic rings. The van der Waals surface area contributed by atoms with Gasteiger partial charge in [-0.05, 0) is 56.5 Å². The average molecular weight is 238 g/mol. The number of nitrogens with zero attached hydrogens (tertiary/aromatic N) is 1. The van der Waals surface area contributed by atoms with Gasteiger partial charge in [-0.2, -0.15) is 0 Å². The molecule has 2 unspecified atom stereocenters. The molecule has 0 bridgehead atoms. The lowest BCUT2D eigenvalue weighted by Gasteiger charge is -2.43. The fourth-order valence-corrected chi connectivity index (χ4v) is 4.39. The molecule has 0 aromatic heterocycles. The molecule has 3 nitrogen and oxygen atoms in total. The number of hydrogen-bond donors (Lipinski definition) is 1. The Bertz CT molecular complexity index is 263. The first kappa shape index (κ1) is 11.9. The van der Waals surface area contributed by atoms with Gasteiger partial charge in [-0.15, -0.1) is 0 Å². The molecule has 2 heterocycles. The SMILES string of the molecule is NCC1CCN(C2CCCC23CCOCC3)C1. The molecular weight excluding hydrogens is 212 g/mol. The van der Waals surface area contributed by atoms with Crippen LogP contribution in [-0.4, -0.2) is 43.8 Å². The Balaban J connectivity index is 1.69. The topological polar surface area (TPSA) is 38.5 Å². The average Bonchev–Trinajstić information content (AvgIpc) is 2.97. The Hall–Kier alpha value is -0.120. The van der Waals surface area contributed by atoms with Gasteiger partial charge in [-0.25, -0.2) is 0 Å². The van der Waals surface area contributed by atoms with Gasteiger partial charge in [0.25, 0.3) is 0 Å². The number of likely N-dealkylation sites (tertiary alicyclic amines) is 1. The minimum atomic E-state index is 0.599. The molecule has 0 aromatic rings. The summed E-state index contributed by atoms with van der Waals surface area (Å²) in [4.78, 5) is 2.76. The minimum absolute atomic E-state index is 0.599. The van der Waals surface area contributed by atoms with E-state index in [0.717, 1.165) is 31.7 Å². The molecule has 3 heteroatoms. The van der Waals surface area contributed by atoms with E-state index in [4.69, 9.17) is 10.5 Å². The fraction of sp³-hybridized carbons (Fsp3) is 1.00. The summed E-state index contributed by atoms with van der Waals surface area (Å²) < 4.78 is 5.57. The van der Waals surface area contributed by atoms with Crippen LogP contribution in [0.15, 0.2) is 0 Å². The first-order valence-electron chi connectivity index (χ1n) is 7.36. The van der Waals surface area contributed by atoms with Crippen molar-refractivity contribution in [1.82, 2.24) is 4.90 Å². The van der Waals surface area contributed by atoms with Gasteiger partial charge in [0, 0.05) is 25.8 Å². The maximum absolute atomic E-state index is 5.82. The van der Waals surface area contributed by atoms with Crippen molar-refractivity contribution in [2.24, 2.45) is 17.1 Å². The zero-order valence-electron chi connectivity index (χ0n) is 10.9. The van der Waals surface area contributed by atoms with Crippen molar-refractivity contribution in [1.29, 1.82) is 0 Å². The van der Waals surface area contributed by atoms with Crippen LogP contribution in [-0.2, 0) is 4.74 Å². The second kappa shape index (κ2) is 4.87. The molecule has 2 N–H and O–H groups in total. The first-order valence-corrected chi connectivity index (χ1v) is 7.36. The number of rotatable bonds is 2. The van der Waals surface area contributed by atoms with Crippen LogP contribution in [0.1, 0.15) is 38.5 Å². The predicted octanol–water partition coefficient (Wildman–Crippen LogP) is 1.62. The standard InChI is InChI=1S/C14H26N2O/c15-10-12-3-7-16(11-12)13-2-1-4-14(13)5-8-17-9-6-14/h12-13H,1-11,15H2. The summed E-state index contributed by atoms with van der Waals surface area (Å²) in [5, 5.41) is 0. The van der Waals surface area contributed by atoms with E-state index < -0.39 is 0 Å². The van der Waals surface area contributed by atoms with Crippen LogP contribution in [0.3, 0.4) is 0 Å². The van der Waals surface area contributed by atoms with Crippen molar-refractivity contribution in [3.63, 3.8) is 0 Å². The monoisotopic (exact) mass is 238 g/mol. The zero-order chi connectivity index (χ0) is 11.7. The Kier molecular flexibility index (Phi) is 3.42. The molecule has 2 saturated heterocycles. The highest BCUT2D eigenvalue weighted by atomic mass is 16.5. The molecule has 1 saturated carbocycles. The van der Waals surface area contributed by atoms with Crippen LogP contribution in [0.5, 0.6) is 0 Å². The van der Waals surface area contributed by atoms with E-state index in [1.165, 1.54) is 51.6 Å². The van der Waals surface area contributed by atoms with Crippen LogP contribution in [0.2, 0.25) is 0 Å². The third kappa shape index (κ3) is 2.13. The van der Waals surface area contributed by atoms with Gasteiger partial charge in [-0.1, -0.05) is 6.42 Å². The maximum Gasteiger partial charge on any atom is 0.0471 e. The summed E-state index contributed by atoms with van der Waals surface area (Å²) in [6, 6.07) is 0.836. The number of hydrogen-bond acceptors (Lipinski definition) is 3. The predicted molar refractivity (Wildman–Crippen MR) is 68.9 cm³/mol. The normalized spacial score (nSPS) is 37.9. The summed E-state index contributed by atoms with van der Waals surface area (Å²) in [7, 11) is 0. The van der Waals surface area contributed by atoms with E-state index in [0.29, 0.717) is 5.41 Å². The summed E-state index contributed by atoms with van der Waals surface area (Å²) in [5.74, 6) is 0.757. The lowest BCUT2D eigenvalue weighted by molar-refractivity contribution is -0.0210. The molecule has 0 aromatic carbocycles.